The summed E-state index contributed by atoms with van der Waals surface area (Å²) in [7, 11) is 1.64. The van der Waals surface area contributed by atoms with Crippen molar-refractivity contribution < 1.29 is 14.3 Å². The number of nitrogens with zero attached hydrogens (tertiary/aromatic N) is 4. The number of methoxy groups -OCH3 is 1. The molecule has 8 heteroatoms. The number of benzene rings is 1. The Kier molecular flexibility index (Phi) is 5.65. The highest BCUT2D eigenvalue weighted by atomic mass is 16.6. The standard InChI is InChI=1S/C19H27N5O3/c1-19(2,3)27-18(25)24-11-9-23(10-12-24)13-16-20-17(22-21-16)14-5-7-15(26-4)8-6-14/h5-8H,9-13H2,1-4H3,(H,20,21,22). The number of aromatic amines is 1. The van der Waals surface area contributed by atoms with Gasteiger partial charge in [-0.15, -0.1) is 0 Å². The molecule has 1 saturated heterocycles. The van der Waals surface area contributed by atoms with Gasteiger partial charge >= 0.3 is 6.09 Å². The minimum absolute atomic E-state index is 0.247. The van der Waals surface area contributed by atoms with Crippen LogP contribution in [0.3, 0.4) is 0 Å². The SMILES string of the molecule is COc1ccc(-c2n[nH]c(CN3CCN(C(=O)OC(C)(C)C)CC3)n2)cc1. The lowest BCUT2D eigenvalue weighted by molar-refractivity contribution is 0.0137. The van der Waals surface area contributed by atoms with E-state index >= 15 is 0 Å². The maximum absolute atomic E-state index is 12.1. The molecule has 146 valence electrons. The van der Waals surface area contributed by atoms with E-state index in [0.717, 1.165) is 30.2 Å². The number of amides is 1. The largest absolute Gasteiger partial charge is 0.497 e. The molecule has 27 heavy (non-hydrogen) atoms. The highest BCUT2D eigenvalue weighted by molar-refractivity contribution is 5.68. The maximum Gasteiger partial charge on any atom is 0.410 e. The molecule has 0 bridgehead atoms. The minimum atomic E-state index is -0.466. The van der Waals surface area contributed by atoms with Gasteiger partial charge in [0.25, 0.3) is 0 Å². The summed E-state index contributed by atoms with van der Waals surface area (Å²) in [6.07, 6.45) is -0.247. The maximum atomic E-state index is 12.1. The number of nitrogens with one attached hydrogen (secondary N) is 1. The zero-order valence-corrected chi connectivity index (χ0v) is 16.4. The van der Waals surface area contributed by atoms with Crippen molar-refractivity contribution in [1.82, 2.24) is 25.0 Å². The van der Waals surface area contributed by atoms with Crippen molar-refractivity contribution in [1.29, 1.82) is 0 Å². The van der Waals surface area contributed by atoms with Crippen molar-refractivity contribution >= 4 is 6.09 Å². The van der Waals surface area contributed by atoms with Crippen LogP contribution in [0.1, 0.15) is 26.6 Å². The van der Waals surface area contributed by atoms with E-state index in [1.165, 1.54) is 0 Å². The van der Waals surface area contributed by atoms with E-state index in [2.05, 4.69) is 20.1 Å². The number of carbonyl (C=O) groups is 1. The van der Waals surface area contributed by atoms with E-state index < -0.39 is 5.60 Å². The minimum Gasteiger partial charge on any atom is -0.497 e. The summed E-state index contributed by atoms with van der Waals surface area (Å²) in [5, 5.41) is 7.31. The molecule has 1 aliphatic heterocycles. The first-order valence-electron chi connectivity index (χ1n) is 9.10. The average Bonchev–Trinajstić information content (AvgIpc) is 3.09. The van der Waals surface area contributed by atoms with Crippen LogP contribution < -0.4 is 4.74 Å². The van der Waals surface area contributed by atoms with Crippen molar-refractivity contribution in [2.75, 3.05) is 33.3 Å². The Balaban J connectivity index is 1.52. The number of rotatable bonds is 4. The Morgan fingerprint density at radius 2 is 1.81 bits per heavy atom. The molecule has 0 unspecified atom stereocenters. The van der Waals surface area contributed by atoms with Gasteiger partial charge in [-0.3, -0.25) is 10.00 Å². The Labute approximate surface area is 159 Å². The molecule has 1 amide bonds. The lowest BCUT2D eigenvalue weighted by atomic mass is 10.2. The molecular weight excluding hydrogens is 346 g/mol. The van der Waals surface area contributed by atoms with E-state index in [9.17, 15) is 4.79 Å². The van der Waals surface area contributed by atoms with Crippen LogP contribution in [0, 0.1) is 0 Å². The third-order valence-corrected chi connectivity index (χ3v) is 4.28. The summed E-state index contributed by atoms with van der Waals surface area (Å²) in [5.74, 6) is 2.28. The third-order valence-electron chi connectivity index (χ3n) is 4.28. The first-order chi connectivity index (χ1) is 12.8. The second-order valence-electron chi connectivity index (χ2n) is 7.58. The number of carbonyl (C=O) groups excluding carboxylic acids is 1. The van der Waals surface area contributed by atoms with E-state index in [1.807, 2.05) is 45.0 Å². The van der Waals surface area contributed by atoms with Gasteiger partial charge in [-0.05, 0) is 45.0 Å². The van der Waals surface area contributed by atoms with Gasteiger partial charge in [-0.25, -0.2) is 9.78 Å². The van der Waals surface area contributed by atoms with Crippen molar-refractivity contribution in [2.45, 2.75) is 32.9 Å². The van der Waals surface area contributed by atoms with Crippen LogP contribution in [-0.2, 0) is 11.3 Å². The van der Waals surface area contributed by atoms with Crippen molar-refractivity contribution in [3.05, 3.63) is 30.1 Å². The molecule has 0 atom stereocenters. The predicted octanol–water partition coefficient (Wildman–Crippen LogP) is 2.53. The van der Waals surface area contributed by atoms with E-state index in [1.54, 1.807) is 12.0 Å². The van der Waals surface area contributed by atoms with Crippen LogP contribution >= 0.6 is 0 Å². The topological polar surface area (TPSA) is 83.6 Å². The highest BCUT2D eigenvalue weighted by Gasteiger charge is 2.26. The molecule has 2 heterocycles. The average molecular weight is 373 g/mol. The van der Waals surface area contributed by atoms with Gasteiger partial charge in [0, 0.05) is 31.7 Å². The molecule has 1 aromatic heterocycles. The zero-order chi connectivity index (χ0) is 19.4. The van der Waals surface area contributed by atoms with Crippen LogP contribution in [0.15, 0.2) is 24.3 Å². The summed E-state index contributed by atoms with van der Waals surface area (Å²) in [6.45, 7) is 9.16. The Morgan fingerprint density at radius 1 is 1.15 bits per heavy atom. The fourth-order valence-corrected chi connectivity index (χ4v) is 2.86. The van der Waals surface area contributed by atoms with Crippen molar-refractivity contribution in [3.63, 3.8) is 0 Å². The summed E-state index contributed by atoms with van der Waals surface area (Å²) in [4.78, 5) is 20.7. The van der Waals surface area contributed by atoms with Gasteiger partial charge in [0.15, 0.2) is 5.82 Å². The number of hydrogen-bond donors (Lipinski definition) is 1. The van der Waals surface area contributed by atoms with Crippen molar-refractivity contribution in [2.24, 2.45) is 0 Å². The molecule has 0 spiro atoms. The van der Waals surface area contributed by atoms with Crippen molar-refractivity contribution in [3.8, 4) is 17.1 Å². The van der Waals surface area contributed by atoms with Gasteiger partial charge in [0.1, 0.15) is 17.2 Å². The number of piperazine rings is 1. The number of ether oxygens (including phenoxy) is 2. The second-order valence-corrected chi connectivity index (χ2v) is 7.58. The molecular formula is C19H27N5O3. The summed E-state index contributed by atoms with van der Waals surface area (Å²) >= 11 is 0. The predicted molar refractivity (Wildman–Crippen MR) is 101 cm³/mol. The van der Waals surface area contributed by atoms with Crippen LogP contribution in [-0.4, -0.2) is 70.0 Å². The Hall–Kier alpha value is -2.61. The highest BCUT2D eigenvalue weighted by Crippen LogP contribution is 2.19. The molecule has 8 nitrogen and oxygen atoms in total. The molecule has 0 aliphatic carbocycles. The first kappa shape index (κ1) is 19.2. The van der Waals surface area contributed by atoms with E-state index in [0.29, 0.717) is 25.5 Å². The van der Waals surface area contributed by atoms with Gasteiger partial charge < -0.3 is 14.4 Å². The third kappa shape index (κ3) is 5.19. The molecule has 1 aliphatic rings. The molecule has 1 aromatic carbocycles. The molecule has 1 fully saturated rings. The van der Waals surface area contributed by atoms with Gasteiger partial charge in [-0.2, -0.15) is 5.10 Å². The van der Waals surface area contributed by atoms with E-state index in [4.69, 9.17) is 9.47 Å². The van der Waals surface area contributed by atoms with Gasteiger partial charge in [-0.1, -0.05) is 0 Å². The van der Waals surface area contributed by atoms with Gasteiger partial charge in [0.05, 0.1) is 13.7 Å². The van der Waals surface area contributed by atoms with Crippen LogP contribution in [0.25, 0.3) is 11.4 Å². The van der Waals surface area contributed by atoms with Crippen LogP contribution in [0.2, 0.25) is 0 Å². The molecule has 0 saturated carbocycles. The fourth-order valence-electron chi connectivity index (χ4n) is 2.86. The van der Waals surface area contributed by atoms with Crippen LogP contribution in [0.5, 0.6) is 5.75 Å². The number of H-pyrrole nitrogens is 1. The molecule has 1 N–H and O–H groups in total. The molecule has 0 radical (unpaired) electrons. The Bertz CT molecular complexity index is 758. The number of hydrogen-bond acceptors (Lipinski definition) is 6. The molecule has 2 aromatic rings. The zero-order valence-electron chi connectivity index (χ0n) is 16.4. The summed E-state index contributed by atoms with van der Waals surface area (Å²) < 4.78 is 10.6. The summed E-state index contributed by atoms with van der Waals surface area (Å²) in [6, 6.07) is 7.65. The lowest BCUT2D eigenvalue weighted by Crippen LogP contribution is -2.49. The second kappa shape index (κ2) is 7.96. The first-order valence-corrected chi connectivity index (χ1v) is 9.10. The van der Waals surface area contributed by atoms with Gasteiger partial charge in [0.2, 0.25) is 0 Å². The number of aromatic nitrogens is 3. The van der Waals surface area contributed by atoms with Crippen LogP contribution in [0.4, 0.5) is 4.79 Å². The molecule has 3 rings (SSSR count). The Morgan fingerprint density at radius 3 is 2.41 bits per heavy atom. The normalized spacial score (nSPS) is 15.6. The smallest absolute Gasteiger partial charge is 0.410 e. The fraction of sp³-hybridized carbons (Fsp3) is 0.526. The summed E-state index contributed by atoms with van der Waals surface area (Å²) in [5.41, 5.74) is 0.472. The quantitative estimate of drug-likeness (QED) is 0.887. The van der Waals surface area contributed by atoms with E-state index in [-0.39, 0.29) is 6.09 Å². The monoisotopic (exact) mass is 373 g/mol. The lowest BCUT2D eigenvalue weighted by Gasteiger charge is -2.35.